The zero-order chi connectivity index (χ0) is 17.8. The Labute approximate surface area is 133 Å². The lowest BCUT2D eigenvalue weighted by Gasteiger charge is -2.29. The van der Waals surface area contributed by atoms with Gasteiger partial charge in [-0.05, 0) is 53.5 Å². The van der Waals surface area contributed by atoms with Crippen molar-refractivity contribution in [2.45, 2.75) is 66.6 Å². The summed E-state index contributed by atoms with van der Waals surface area (Å²) < 4.78 is 10.5. The van der Waals surface area contributed by atoms with E-state index in [0.29, 0.717) is 0 Å². The molecule has 0 bridgehead atoms. The zero-order valence-corrected chi connectivity index (χ0v) is 14.8. The average Bonchev–Trinajstić information content (AvgIpc) is 2.24. The van der Waals surface area contributed by atoms with E-state index in [1.807, 2.05) is 6.07 Å². The summed E-state index contributed by atoms with van der Waals surface area (Å²) >= 11 is 0. The highest BCUT2D eigenvalue weighted by atomic mass is 16.6. The molecule has 0 heterocycles. The Hall–Kier alpha value is -1.83. The van der Waals surface area contributed by atoms with E-state index < -0.39 is 28.6 Å². The first-order valence-electron chi connectivity index (χ1n) is 7.30. The molecule has 0 saturated heterocycles. The van der Waals surface area contributed by atoms with Crippen molar-refractivity contribution in [3.63, 3.8) is 0 Å². The Morgan fingerprint density at radius 2 is 1.45 bits per heavy atom. The van der Waals surface area contributed by atoms with Crippen LogP contribution in [0.25, 0.3) is 0 Å². The molecule has 0 aromatic carbocycles. The van der Waals surface area contributed by atoms with Crippen molar-refractivity contribution in [2.24, 2.45) is 11.3 Å². The number of nitrogens with zero attached hydrogens (tertiary/aromatic N) is 1. The molecular formula is C17H27NO4. The number of carbonyl (C=O) groups is 2. The molecule has 0 aliphatic heterocycles. The van der Waals surface area contributed by atoms with E-state index in [1.165, 1.54) is 6.08 Å². The molecular weight excluding hydrogens is 282 g/mol. The average molecular weight is 309 g/mol. The van der Waals surface area contributed by atoms with Gasteiger partial charge in [0.15, 0.2) is 5.41 Å². The molecule has 0 aromatic heterocycles. The van der Waals surface area contributed by atoms with E-state index in [-0.39, 0.29) is 5.92 Å². The second-order valence-electron chi connectivity index (χ2n) is 7.50. The van der Waals surface area contributed by atoms with Gasteiger partial charge in [-0.25, -0.2) is 9.59 Å². The molecule has 0 unspecified atom stereocenters. The van der Waals surface area contributed by atoms with Gasteiger partial charge in [-0.1, -0.05) is 13.8 Å². The van der Waals surface area contributed by atoms with Gasteiger partial charge in [0.1, 0.15) is 11.2 Å². The minimum Gasteiger partial charge on any atom is -0.459 e. The summed E-state index contributed by atoms with van der Waals surface area (Å²) in [5, 5.41) is 9.51. The summed E-state index contributed by atoms with van der Waals surface area (Å²) in [4.78, 5) is 24.2. The van der Waals surface area contributed by atoms with Crippen molar-refractivity contribution in [3.8, 4) is 6.07 Å². The molecule has 5 nitrogen and oxygen atoms in total. The Morgan fingerprint density at radius 1 is 1.00 bits per heavy atom. The van der Waals surface area contributed by atoms with Crippen LogP contribution in [0.2, 0.25) is 0 Å². The minimum absolute atomic E-state index is 0.356. The van der Waals surface area contributed by atoms with Crippen LogP contribution in [0.4, 0.5) is 0 Å². The molecule has 0 radical (unpaired) electrons. The van der Waals surface area contributed by atoms with Crippen LogP contribution in [-0.2, 0) is 19.1 Å². The molecule has 0 aliphatic rings. The molecule has 0 aliphatic carbocycles. The fourth-order valence-electron chi connectivity index (χ4n) is 1.61. The fourth-order valence-corrected chi connectivity index (χ4v) is 1.61. The van der Waals surface area contributed by atoms with Crippen LogP contribution in [0.1, 0.15) is 55.4 Å². The number of hydrogen-bond acceptors (Lipinski definition) is 5. The molecule has 0 N–H and O–H groups in total. The van der Waals surface area contributed by atoms with Crippen LogP contribution in [0.15, 0.2) is 12.2 Å². The number of hydrogen-bond donors (Lipinski definition) is 0. The second-order valence-corrected chi connectivity index (χ2v) is 7.50. The van der Waals surface area contributed by atoms with E-state index in [2.05, 4.69) is 0 Å². The summed E-state index contributed by atoms with van der Waals surface area (Å²) in [6.45, 7) is 13.9. The lowest BCUT2D eigenvalue weighted by Crippen LogP contribution is -2.39. The lowest BCUT2D eigenvalue weighted by atomic mass is 9.78. The Kier molecular flexibility index (Phi) is 6.37. The first-order valence-corrected chi connectivity index (χ1v) is 7.30. The molecule has 0 fully saturated rings. The summed E-state index contributed by atoms with van der Waals surface area (Å²) in [6, 6.07) is 1.99. The van der Waals surface area contributed by atoms with Gasteiger partial charge in [0.2, 0.25) is 0 Å². The van der Waals surface area contributed by atoms with E-state index in [1.54, 1.807) is 55.4 Å². The minimum atomic E-state index is -1.52. The largest absolute Gasteiger partial charge is 0.459 e. The first kappa shape index (κ1) is 20.2. The molecule has 124 valence electrons. The van der Waals surface area contributed by atoms with Crippen molar-refractivity contribution < 1.29 is 19.1 Å². The molecule has 0 spiro atoms. The quantitative estimate of drug-likeness (QED) is 0.587. The van der Waals surface area contributed by atoms with Gasteiger partial charge in [0.05, 0.1) is 6.07 Å². The maximum Gasteiger partial charge on any atom is 0.331 e. The van der Waals surface area contributed by atoms with E-state index in [4.69, 9.17) is 9.47 Å². The second kappa shape index (κ2) is 6.95. The van der Waals surface area contributed by atoms with Crippen LogP contribution < -0.4 is 0 Å². The van der Waals surface area contributed by atoms with Crippen LogP contribution in [0.3, 0.4) is 0 Å². The van der Waals surface area contributed by atoms with Crippen molar-refractivity contribution >= 4 is 11.9 Å². The van der Waals surface area contributed by atoms with Crippen LogP contribution in [-0.4, -0.2) is 23.1 Å². The normalized spacial score (nSPS) is 15.3. The number of ether oxygens (including phenoxy) is 2. The third-order valence-electron chi connectivity index (χ3n) is 2.72. The van der Waals surface area contributed by atoms with Gasteiger partial charge in [-0.15, -0.1) is 0 Å². The third kappa shape index (κ3) is 6.30. The number of rotatable bonds is 4. The maximum atomic E-state index is 12.4. The van der Waals surface area contributed by atoms with Crippen LogP contribution in [0, 0.1) is 22.7 Å². The molecule has 22 heavy (non-hydrogen) atoms. The SMILES string of the molecule is CC(C)[C@@](C#N)(/C=C/C(=O)OC(C)(C)C)C(=O)OC(C)(C)C. The highest BCUT2D eigenvalue weighted by Gasteiger charge is 2.43. The van der Waals surface area contributed by atoms with Crippen LogP contribution >= 0.6 is 0 Å². The lowest BCUT2D eigenvalue weighted by molar-refractivity contribution is -0.163. The van der Waals surface area contributed by atoms with Crippen molar-refractivity contribution in [3.05, 3.63) is 12.2 Å². The highest BCUT2D eigenvalue weighted by Crippen LogP contribution is 2.32. The summed E-state index contributed by atoms with van der Waals surface area (Å²) in [5.74, 6) is -1.63. The third-order valence-corrected chi connectivity index (χ3v) is 2.72. The fraction of sp³-hybridized carbons (Fsp3) is 0.706. The van der Waals surface area contributed by atoms with Gasteiger partial charge in [0.25, 0.3) is 0 Å². The number of esters is 2. The van der Waals surface area contributed by atoms with Crippen molar-refractivity contribution in [1.82, 2.24) is 0 Å². The molecule has 1 atom stereocenters. The maximum absolute atomic E-state index is 12.4. The highest BCUT2D eigenvalue weighted by molar-refractivity contribution is 5.87. The van der Waals surface area contributed by atoms with Crippen molar-refractivity contribution in [1.29, 1.82) is 5.26 Å². The molecule has 0 aromatic rings. The summed E-state index contributed by atoms with van der Waals surface area (Å²) in [7, 11) is 0. The zero-order valence-electron chi connectivity index (χ0n) is 14.8. The van der Waals surface area contributed by atoms with Crippen molar-refractivity contribution in [2.75, 3.05) is 0 Å². The topological polar surface area (TPSA) is 76.4 Å². The Bertz CT molecular complexity index is 486. The van der Waals surface area contributed by atoms with E-state index in [0.717, 1.165) is 6.08 Å². The van der Waals surface area contributed by atoms with Gasteiger partial charge in [-0.2, -0.15) is 5.26 Å². The molecule has 5 heteroatoms. The van der Waals surface area contributed by atoms with E-state index >= 15 is 0 Å². The molecule has 0 amide bonds. The van der Waals surface area contributed by atoms with Gasteiger partial charge in [0, 0.05) is 6.08 Å². The Morgan fingerprint density at radius 3 is 1.77 bits per heavy atom. The molecule has 0 saturated carbocycles. The van der Waals surface area contributed by atoms with Gasteiger partial charge in [-0.3, -0.25) is 0 Å². The summed E-state index contributed by atoms with van der Waals surface area (Å²) in [5.41, 5.74) is -2.88. The first-order chi connectivity index (χ1) is 9.73. The van der Waals surface area contributed by atoms with Gasteiger partial charge < -0.3 is 9.47 Å². The number of nitriles is 1. The molecule has 0 rings (SSSR count). The van der Waals surface area contributed by atoms with Crippen LogP contribution in [0.5, 0.6) is 0 Å². The van der Waals surface area contributed by atoms with E-state index in [9.17, 15) is 14.9 Å². The predicted octanol–water partition coefficient (Wildman–Crippen LogP) is 3.39. The Balaban J connectivity index is 5.44. The smallest absolute Gasteiger partial charge is 0.331 e. The predicted molar refractivity (Wildman–Crippen MR) is 83.7 cm³/mol. The standard InChI is InChI=1S/C17H27NO4/c1-12(2)17(11-18,14(20)22-16(6,7)8)10-9-13(19)21-15(3,4)5/h9-10,12H,1-8H3/b10-9+/t17-/m0/s1. The number of carbonyl (C=O) groups excluding carboxylic acids is 2. The monoisotopic (exact) mass is 309 g/mol. The summed E-state index contributed by atoms with van der Waals surface area (Å²) in [6.07, 6.45) is 2.40. The van der Waals surface area contributed by atoms with Gasteiger partial charge >= 0.3 is 11.9 Å².